The van der Waals surface area contributed by atoms with Crippen LogP contribution in [0, 0.1) is 11.8 Å². The highest BCUT2D eigenvalue weighted by Gasteiger charge is 2.33. The van der Waals surface area contributed by atoms with Crippen molar-refractivity contribution in [3.63, 3.8) is 0 Å². The third-order valence-electron chi connectivity index (χ3n) is 5.99. The fraction of sp³-hybridized carbons (Fsp3) is 0.700. The topological polar surface area (TPSA) is 44.3 Å². The monoisotopic (exact) mass is 334 g/mol. The molecule has 0 saturated heterocycles. The highest BCUT2D eigenvalue weighted by Crippen LogP contribution is 2.40. The number of ether oxygens (including phenoxy) is 3. The summed E-state index contributed by atoms with van der Waals surface area (Å²) in [5, 5.41) is 2.52. The van der Waals surface area contributed by atoms with Gasteiger partial charge in [0.15, 0.2) is 11.5 Å². The molecule has 0 unspecified atom stereocenters. The number of fused-ring (bicyclic) bond motifs is 1. The van der Waals surface area contributed by atoms with Crippen molar-refractivity contribution in [1.29, 1.82) is 0 Å². The zero-order valence-electron chi connectivity index (χ0n) is 15.3. The van der Waals surface area contributed by atoms with Crippen LogP contribution in [0.15, 0.2) is 12.1 Å². The summed E-state index contributed by atoms with van der Waals surface area (Å²) in [4.78, 5) is 0. The second-order valence-electron chi connectivity index (χ2n) is 7.35. The summed E-state index contributed by atoms with van der Waals surface area (Å²) in [7, 11) is 5.00. The number of rotatable bonds is 6. The largest absolute Gasteiger partial charge is 0.493 e. The van der Waals surface area contributed by atoms with Gasteiger partial charge in [-0.1, -0.05) is 19.3 Å². The molecule has 4 heteroatoms. The zero-order valence-corrected chi connectivity index (χ0v) is 15.3. The van der Waals surface area contributed by atoms with Crippen LogP contribution in [0.25, 0.3) is 0 Å². The van der Waals surface area contributed by atoms with Gasteiger partial charge >= 0.3 is 0 Å². The fourth-order valence-corrected chi connectivity index (χ4v) is 4.68. The fourth-order valence-electron chi connectivity index (χ4n) is 4.68. The third-order valence-corrected chi connectivity index (χ3v) is 5.99. The van der Waals surface area contributed by atoms with Crippen molar-refractivity contribution in [2.45, 2.75) is 57.5 Å². The van der Waals surface area contributed by atoms with Gasteiger partial charge < -0.3 is 19.5 Å². The van der Waals surface area contributed by atoms with E-state index in [1.807, 2.05) is 0 Å². The van der Waals surface area contributed by atoms with E-state index in [4.69, 9.17) is 14.2 Å². The highest BCUT2D eigenvalue weighted by molar-refractivity contribution is 5.53. The van der Waals surface area contributed by atoms with Crippen molar-refractivity contribution in [1.82, 2.24) is 0 Å². The molecule has 4 nitrogen and oxygen atoms in total. The average molecular weight is 334 g/mol. The molecule has 2 N–H and O–H groups in total. The van der Waals surface area contributed by atoms with Gasteiger partial charge in [-0.15, -0.1) is 0 Å². The van der Waals surface area contributed by atoms with Crippen molar-refractivity contribution < 1.29 is 19.5 Å². The Kier molecular flexibility index (Phi) is 5.88. The lowest BCUT2D eigenvalue weighted by molar-refractivity contribution is -0.708. The highest BCUT2D eigenvalue weighted by atomic mass is 16.5. The molecule has 2 saturated carbocycles. The number of nitrogens with two attached hydrogens (primary N) is 1. The average Bonchev–Trinajstić information content (AvgIpc) is 2.65. The summed E-state index contributed by atoms with van der Waals surface area (Å²) < 4.78 is 16.3. The van der Waals surface area contributed by atoms with Gasteiger partial charge in [0.1, 0.15) is 6.54 Å². The van der Waals surface area contributed by atoms with Gasteiger partial charge in [-0.25, -0.2) is 0 Å². The van der Waals surface area contributed by atoms with E-state index in [1.165, 1.54) is 50.5 Å². The third kappa shape index (κ3) is 3.80. The van der Waals surface area contributed by atoms with E-state index in [0.29, 0.717) is 5.75 Å². The Hall–Kier alpha value is -1.42. The van der Waals surface area contributed by atoms with Crippen molar-refractivity contribution in [3.05, 3.63) is 17.7 Å². The number of hydrogen-bond donors (Lipinski definition) is 1. The molecule has 1 aromatic rings. The maximum Gasteiger partial charge on any atom is 0.203 e. The number of hydrogen-bond acceptors (Lipinski definition) is 3. The summed E-state index contributed by atoms with van der Waals surface area (Å²) in [5.41, 5.74) is 1.23. The minimum absolute atomic E-state index is 0.673. The van der Waals surface area contributed by atoms with E-state index in [0.717, 1.165) is 35.9 Å². The molecule has 134 valence electrons. The van der Waals surface area contributed by atoms with Gasteiger partial charge in [-0.2, -0.15) is 0 Å². The first-order chi connectivity index (χ1) is 11.7. The van der Waals surface area contributed by atoms with Gasteiger partial charge in [-0.05, 0) is 43.2 Å². The normalized spacial score (nSPS) is 26.5. The van der Waals surface area contributed by atoms with E-state index < -0.39 is 0 Å². The molecular formula is C20H32NO3+. The minimum atomic E-state index is 0.673. The lowest BCUT2D eigenvalue weighted by Gasteiger charge is -2.38. The lowest BCUT2D eigenvalue weighted by Crippen LogP contribution is -2.89. The van der Waals surface area contributed by atoms with E-state index in [9.17, 15) is 0 Å². The van der Waals surface area contributed by atoms with E-state index in [-0.39, 0.29) is 0 Å². The van der Waals surface area contributed by atoms with E-state index >= 15 is 0 Å². The summed E-state index contributed by atoms with van der Waals surface area (Å²) in [6, 6.07) is 4.91. The van der Waals surface area contributed by atoms with Crippen molar-refractivity contribution in [2.75, 3.05) is 21.3 Å². The maximum atomic E-state index is 5.46. The first-order valence-electron chi connectivity index (χ1n) is 9.37. The van der Waals surface area contributed by atoms with Gasteiger partial charge in [-0.3, -0.25) is 0 Å². The van der Waals surface area contributed by atoms with Crippen molar-refractivity contribution in [3.8, 4) is 17.2 Å². The van der Waals surface area contributed by atoms with Crippen LogP contribution in [0.3, 0.4) is 0 Å². The molecule has 0 aliphatic heterocycles. The SMILES string of the molecule is COc1cc(C[NH2+][C@@H]2CC[C@@H]3CCCC[C@@H]3C2)cc(OC)c1OC. The van der Waals surface area contributed by atoms with Crippen molar-refractivity contribution in [2.24, 2.45) is 11.8 Å². The summed E-state index contributed by atoms with van der Waals surface area (Å²) >= 11 is 0. The standard InChI is InChI=1S/C20H31NO3/c1-22-18-10-14(11-19(23-2)20(18)24-3)13-21-17-9-8-15-6-4-5-7-16(15)12-17/h10-11,15-17,21H,4-9,12-13H2,1-3H3/p+1/t15-,16+,17+/m0/s1. The molecule has 2 aliphatic carbocycles. The Morgan fingerprint density at radius 2 is 1.54 bits per heavy atom. The number of methoxy groups -OCH3 is 3. The molecule has 2 fully saturated rings. The van der Waals surface area contributed by atoms with E-state index in [1.54, 1.807) is 21.3 Å². The summed E-state index contributed by atoms with van der Waals surface area (Å²) in [6.45, 7) is 0.971. The Morgan fingerprint density at radius 1 is 0.875 bits per heavy atom. The molecule has 0 aromatic heterocycles. The van der Waals surface area contributed by atoms with Crippen LogP contribution >= 0.6 is 0 Å². The predicted octanol–water partition coefficient (Wildman–Crippen LogP) is 3.13. The van der Waals surface area contributed by atoms with Crippen LogP contribution in [0.1, 0.15) is 50.5 Å². The first kappa shape index (κ1) is 17.4. The van der Waals surface area contributed by atoms with Gasteiger partial charge in [0.25, 0.3) is 0 Å². The molecule has 2 aliphatic rings. The van der Waals surface area contributed by atoms with Crippen LogP contribution < -0.4 is 19.5 Å². The van der Waals surface area contributed by atoms with Crippen LogP contribution in [0.5, 0.6) is 17.2 Å². The lowest BCUT2D eigenvalue weighted by atomic mass is 9.69. The molecule has 0 heterocycles. The van der Waals surface area contributed by atoms with E-state index in [2.05, 4.69) is 17.4 Å². The van der Waals surface area contributed by atoms with Crippen LogP contribution in [-0.2, 0) is 6.54 Å². The predicted molar refractivity (Wildman–Crippen MR) is 94.8 cm³/mol. The smallest absolute Gasteiger partial charge is 0.203 e. The van der Waals surface area contributed by atoms with Crippen LogP contribution in [0.4, 0.5) is 0 Å². The summed E-state index contributed by atoms with van der Waals surface area (Å²) in [5.74, 6) is 4.16. The second kappa shape index (κ2) is 8.11. The Balaban J connectivity index is 1.62. The Labute approximate surface area is 145 Å². The molecule has 24 heavy (non-hydrogen) atoms. The molecule has 0 spiro atoms. The number of quaternary nitrogens is 1. The summed E-state index contributed by atoms with van der Waals surface area (Å²) in [6.07, 6.45) is 10.0. The Morgan fingerprint density at radius 3 is 2.17 bits per heavy atom. The quantitative estimate of drug-likeness (QED) is 0.869. The Bertz CT molecular complexity index is 521. The molecule has 0 radical (unpaired) electrons. The van der Waals surface area contributed by atoms with Crippen LogP contribution in [-0.4, -0.2) is 27.4 Å². The van der Waals surface area contributed by atoms with Gasteiger partial charge in [0.2, 0.25) is 5.75 Å². The molecule has 3 rings (SSSR count). The zero-order chi connectivity index (χ0) is 16.9. The molecule has 0 amide bonds. The number of benzene rings is 1. The van der Waals surface area contributed by atoms with Crippen molar-refractivity contribution >= 4 is 0 Å². The molecular weight excluding hydrogens is 302 g/mol. The van der Waals surface area contributed by atoms with Gasteiger partial charge in [0.05, 0.1) is 27.4 Å². The first-order valence-corrected chi connectivity index (χ1v) is 9.37. The molecule has 3 atom stereocenters. The van der Waals surface area contributed by atoms with Gasteiger partial charge in [0, 0.05) is 12.0 Å². The molecule has 1 aromatic carbocycles. The van der Waals surface area contributed by atoms with Crippen LogP contribution in [0.2, 0.25) is 0 Å². The minimum Gasteiger partial charge on any atom is -0.493 e. The maximum absolute atomic E-state index is 5.46. The molecule has 0 bridgehead atoms. The second-order valence-corrected chi connectivity index (χ2v) is 7.35.